The molecule has 0 radical (unpaired) electrons. The maximum absolute atomic E-state index is 12.0. The first kappa shape index (κ1) is 11.8. The van der Waals surface area contributed by atoms with Gasteiger partial charge < -0.3 is 4.74 Å². The van der Waals surface area contributed by atoms with Gasteiger partial charge in [-0.15, -0.1) is 0 Å². The molecule has 2 amide bonds. The molecule has 0 fully saturated rings. The minimum atomic E-state index is -0.221. The van der Waals surface area contributed by atoms with E-state index < -0.39 is 0 Å². The van der Waals surface area contributed by atoms with Crippen molar-refractivity contribution in [2.75, 3.05) is 13.7 Å². The molecule has 17 heavy (non-hydrogen) atoms. The third kappa shape index (κ3) is 1.96. The summed E-state index contributed by atoms with van der Waals surface area (Å²) in [6, 6.07) is 6.90. The van der Waals surface area contributed by atoms with Crippen LogP contribution >= 0.6 is 0 Å². The standard InChI is InChI=1S/C13H15NO3/c1-3-9(17-2)8-14-12(15)10-6-4-5-7-11(10)13(14)16/h4-7,9H,3,8H2,1-2H3. The fourth-order valence-electron chi connectivity index (χ4n) is 1.98. The van der Waals surface area contributed by atoms with Crippen LogP contribution in [0.25, 0.3) is 0 Å². The first-order chi connectivity index (χ1) is 8.19. The van der Waals surface area contributed by atoms with Crippen molar-refractivity contribution in [3.63, 3.8) is 0 Å². The highest BCUT2D eigenvalue weighted by Crippen LogP contribution is 2.22. The predicted molar refractivity (Wildman–Crippen MR) is 62.9 cm³/mol. The first-order valence-corrected chi connectivity index (χ1v) is 5.67. The maximum atomic E-state index is 12.0. The Bertz CT molecular complexity index is 417. The second kappa shape index (κ2) is 4.67. The van der Waals surface area contributed by atoms with E-state index in [4.69, 9.17) is 4.74 Å². The van der Waals surface area contributed by atoms with E-state index in [1.54, 1.807) is 31.4 Å². The Labute approximate surface area is 100 Å². The zero-order valence-electron chi connectivity index (χ0n) is 9.97. The zero-order valence-corrected chi connectivity index (χ0v) is 9.97. The van der Waals surface area contributed by atoms with E-state index >= 15 is 0 Å². The molecular weight excluding hydrogens is 218 g/mol. The topological polar surface area (TPSA) is 46.6 Å². The summed E-state index contributed by atoms with van der Waals surface area (Å²) in [5.41, 5.74) is 0.979. The summed E-state index contributed by atoms with van der Waals surface area (Å²) < 4.78 is 5.21. The number of rotatable bonds is 4. The van der Waals surface area contributed by atoms with Crippen LogP contribution in [0.2, 0.25) is 0 Å². The molecule has 0 saturated carbocycles. The number of hydrogen-bond donors (Lipinski definition) is 0. The van der Waals surface area contributed by atoms with Gasteiger partial charge in [-0.25, -0.2) is 0 Å². The molecule has 1 heterocycles. The molecule has 4 heteroatoms. The van der Waals surface area contributed by atoms with E-state index in [1.165, 1.54) is 4.90 Å². The average Bonchev–Trinajstić information content (AvgIpc) is 2.61. The van der Waals surface area contributed by atoms with Crippen LogP contribution in [0.5, 0.6) is 0 Å². The van der Waals surface area contributed by atoms with Crippen molar-refractivity contribution in [3.8, 4) is 0 Å². The minimum absolute atomic E-state index is 0.0998. The second-order valence-corrected chi connectivity index (χ2v) is 4.03. The van der Waals surface area contributed by atoms with E-state index in [1.807, 2.05) is 6.92 Å². The van der Waals surface area contributed by atoms with Crippen molar-refractivity contribution >= 4 is 11.8 Å². The van der Waals surface area contributed by atoms with Crippen LogP contribution in [0.3, 0.4) is 0 Å². The van der Waals surface area contributed by atoms with Crippen LogP contribution in [0.4, 0.5) is 0 Å². The van der Waals surface area contributed by atoms with Gasteiger partial charge in [0.05, 0.1) is 23.8 Å². The molecule has 1 unspecified atom stereocenters. The summed E-state index contributed by atoms with van der Waals surface area (Å²) in [5.74, 6) is -0.442. The number of imide groups is 1. The number of nitrogens with zero attached hydrogens (tertiary/aromatic N) is 1. The summed E-state index contributed by atoms with van der Waals surface area (Å²) >= 11 is 0. The normalized spacial score (nSPS) is 16.2. The zero-order chi connectivity index (χ0) is 12.4. The molecule has 0 aromatic heterocycles. The minimum Gasteiger partial charge on any atom is -0.380 e. The van der Waals surface area contributed by atoms with Gasteiger partial charge >= 0.3 is 0 Å². The van der Waals surface area contributed by atoms with E-state index in [0.717, 1.165) is 6.42 Å². The highest BCUT2D eigenvalue weighted by atomic mass is 16.5. The Balaban J connectivity index is 2.24. The smallest absolute Gasteiger partial charge is 0.261 e. The van der Waals surface area contributed by atoms with Gasteiger partial charge in [0.25, 0.3) is 11.8 Å². The molecular formula is C13H15NO3. The van der Waals surface area contributed by atoms with Crippen LogP contribution in [0.1, 0.15) is 34.1 Å². The molecule has 0 saturated heterocycles. The Morgan fingerprint density at radius 3 is 2.12 bits per heavy atom. The number of carbonyl (C=O) groups excluding carboxylic acids is 2. The predicted octanol–water partition coefficient (Wildman–Crippen LogP) is 1.71. The van der Waals surface area contributed by atoms with Crippen LogP contribution in [-0.2, 0) is 4.74 Å². The molecule has 1 aliphatic heterocycles. The lowest BCUT2D eigenvalue weighted by Crippen LogP contribution is -2.37. The summed E-state index contributed by atoms with van der Waals surface area (Å²) in [7, 11) is 1.59. The summed E-state index contributed by atoms with van der Waals surface area (Å²) in [5, 5.41) is 0. The van der Waals surface area contributed by atoms with E-state index in [9.17, 15) is 9.59 Å². The Hall–Kier alpha value is -1.68. The fourth-order valence-corrected chi connectivity index (χ4v) is 1.98. The van der Waals surface area contributed by atoms with Crippen molar-refractivity contribution in [2.45, 2.75) is 19.4 Å². The van der Waals surface area contributed by atoms with Gasteiger partial charge in [-0.3, -0.25) is 14.5 Å². The molecule has 4 nitrogen and oxygen atoms in total. The lowest BCUT2D eigenvalue weighted by molar-refractivity contribution is 0.0432. The molecule has 2 rings (SSSR count). The third-order valence-corrected chi connectivity index (χ3v) is 3.05. The highest BCUT2D eigenvalue weighted by molar-refractivity contribution is 6.21. The number of hydrogen-bond acceptors (Lipinski definition) is 3. The Morgan fingerprint density at radius 1 is 1.18 bits per heavy atom. The van der Waals surface area contributed by atoms with Crippen LogP contribution < -0.4 is 0 Å². The average molecular weight is 233 g/mol. The molecule has 0 spiro atoms. The summed E-state index contributed by atoms with van der Waals surface area (Å²) in [4.78, 5) is 25.3. The fraction of sp³-hybridized carbons (Fsp3) is 0.385. The van der Waals surface area contributed by atoms with Crippen molar-refractivity contribution in [1.29, 1.82) is 0 Å². The van der Waals surface area contributed by atoms with Crippen molar-refractivity contribution in [1.82, 2.24) is 4.90 Å². The van der Waals surface area contributed by atoms with Crippen molar-refractivity contribution < 1.29 is 14.3 Å². The van der Waals surface area contributed by atoms with Gasteiger partial charge in [0.1, 0.15) is 0 Å². The largest absolute Gasteiger partial charge is 0.380 e. The van der Waals surface area contributed by atoms with E-state index in [-0.39, 0.29) is 17.9 Å². The number of methoxy groups -OCH3 is 1. The number of amides is 2. The molecule has 0 aliphatic carbocycles. The van der Waals surface area contributed by atoms with Gasteiger partial charge in [-0.2, -0.15) is 0 Å². The lowest BCUT2D eigenvalue weighted by atomic mass is 10.1. The highest BCUT2D eigenvalue weighted by Gasteiger charge is 2.35. The second-order valence-electron chi connectivity index (χ2n) is 4.03. The molecule has 1 aromatic carbocycles. The van der Waals surface area contributed by atoms with Crippen LogP contribution in [0.15, 0.2) is 24.3 Å². The number of benzene rings is 1. The van der Waals surface area contributed by atoms with E-state index in [2.05, 4.69) is 0 Å². The quantitative estimate of drug-likeness (QED) is 0.744. The Morgan fingerprint density at radius 2 is 1.71 bits per heavy atom. The number of ether oxygens (including phenoxy) is 1. The van der Waals surface area contributed by atoms with Gasteiger partial charge in [-0.1, -0.05) is 19.1 Å². The lowest BCUT2D eigenvalue weighted by Gasteiger charge is -2.20. The number of fused-ring (bicyclic) bond motifs is 1. The molecule has 1 aromatic rings. The van der Waals surface area contributed by atoms with Crippen molar-refractivity contribution in [2.24, 2.45) is 0 Å². The maximum Gasteiger partial charge on any atom is 0.261 e. The SMILES string of the molecule is CCC(CN1C(=O)c2ccccc2C1=O)OC. The third-order valence-electron chi connectivity index (χ3n) is 3.05. The Kier molecular flexibility index (Phi) is 3.24. The molecule has 90 valence electrons. The summed E-state index contributed by atoms with van der Waals surface area (Å²) in [6.45, 7) is 2.28. The van der Waals surface area contributed by atoms with Crippen LogP contribution in [-0.4, -0.2) is 36.5 Å². The van der Waals surface area contributed by atoms with Gasteiger partial charge in [-0.05, 0) is 18.6 Å². The van der Waals surface area contributed by atoms with Gasteiger partial charge in [0, 0.05) is 7.11 Å². The first-order valence-electron chi connectivity index (χ1n) is 5.67. The van der Waals surface area contributed by atoms with Gasteiger partial charge in [0.15, 0.2) is 0 Å². The molecule has 1 atom stereocenters. The van der Waals surface area contributed by atoms with Gasteiger partial charge in [0.2, 0.25) is 0 Å². The summed E-state index contributed by atoms with van der Waals surface area (Å²) in [6.07, 6.45) is 0.668. The molecule has 0 bridgehead atoms. The molecule has 0 N–H and O–H groups in total. The monoisotopic (exact) mass is 233 g/mol. The van der Waals surface area contributed by atoms with Crippen LogP contribution in [0, 0.1) is 0 Å². The molecule has 1 aliphatic rings. The number of carbonyl (C=O) groups is 2. The van der Waals surface area contributed by atoms with E-state index in [0.29, 0.717) is 17.7 Å². The van der Waals surface area contributed by atoms with Crippen molar-refractivity contribution in [3.05, 3.63) is 35.4 Å².